The second kappa shape index (κ2) is 10.3. The molecular formula is C32H34N4O. The van der Waals surface area contributed by atoms with Crippen molar-refractivity contribution in [2.75, 3.05) is 25.0 Å². The Balaban J connectivity index is 1.14. The number of aromatic amines is 1. The first kappa shape index (κ1) is 23.7. The van der Waals surface area contributed by atoms with E-state index < -0.39 is 0 Å². The molecule has 6 rings (SSSR count). The lowest BCUT2D eigenvalue weighted by Crippen LogP contribution is -2.28. The molecule has 2 atom stereocenters. The normalized spacial score (nSPS) is 19.9. The van der Waals surface area contributed by atoms with Gasteiger partial charge in [-0.1, -0.05) is 67.1 Å². The molecule has 1 saturated heterocycles. The average Bonchev–Trinajstić information content (AvgIpc) is 3.65. The SMILES string of the molecule is CN(C=O)c1ccccc1C1C[C@H]1c1ccc2c(/C=C/c3ccc(CN4CCCCC4)cc3)n[nH]c2c1. The number of nitrogens with zero attached hydrogens (tertiary/aromatic N) is 3. The van der Waals surface area contributed by atoms with Crippen molar-refractivity contribution < 1.29 is 4.79 Å². The Morgan fingerprint density at radius 3 is 2.59 bits per heavy atom. The zero-order chi connectivity index (χ0) is 25.2. The number of rotatable bonds is 8. The monoisotopic (exact) mass is 490 g/mol. The summed E-state index contributed by atoms with van der Waals surface area (Å²) >= 11 is 0. The van der Waals surface area contributed by atoms with Gasteiger partial charge in [0.05, 0.1) is 11.2 Å². The van der Waals surface area contributed by atoms with Gasteiger partial charge in [0.2, 0.25) is 6.41 Å². The van der Waals surface area contributed by atoms with Gasteiger partial charge in [-0.25, -0.2) is 0 Å². The lowest BCUT2D eigenvalue weighted by atomic mass is 10.0. The maximum Gasteiger partial charge on any atom is 0.213 e. The van der Waals surface area contributed by atoms with Crippen molar-refractivity contribution in [3.05, 3.63) is 94.7 Å². The summed E-state index contributed by atoms with van der Waals surface area (Å²) in [5.74, 6) is 0.910. The standard InChI is InChI=1S/C32H34N4O/c1-35(22-37)32-8-4-3-7-26(32)29-20-28(29)25-14-15-27-30(33-34-31(27)19-25)16-13-23-9-11-24(12-10-23)21-36-17-5-2-6-18-36/h3-4,7-16,19,22,28-29H,2,5-6,17-18,20-21H2,1H3,(H,33,34)/b16-13+/t28-,29?/m0/s1. The molecule has 1 aliphatic heterocycles. The lowest BCUT2D eigenvalue weighted by Gasteiger charge is -2.26. The molecule has 1 aromatic heterocycles. The number of benzene rings is 3. The number of amides is 1. The summed E-state index contributed by atoms with van der Waals surface area (Å²) < 4.78 is 0. The summed E-state index contributed by atoms with van der Waals surface area (Å²) in [6.07, 6.45) is 10.3. The fourth-order valence-corrected chi connectivity index (χ4v) is 5.79. The minimum Gasteiger partial charge on any atom is -0.318 e. The topological polar surface area (TPSA) is 52.2 Å². The van der Waals surface area contributed by atoms with E-state index in [9.17, 15) is 4.79 Å². The lowest BCUT2D eigenvalue weighted by molar-refractivity contribution is -0.107. The number of anilines is 1. The van der Waals surface area contributed by atoms with Gasteiger partial charge in [-0.05, 0) is 84.7 Å². The molecule has 2 heterocycles. The summed E-state index contributed by atoms with van der Waals surface area (Å²) in [4.78, 5) is 15.6. The largest absolute Gasteiger partial charge is 0.318 e. The van der Waals surface area contributed by atoms with Crippen molar-refractivity contribution in [3.8, 4) is 0 Å². The number of piperidine rings is 1. The van der Waals surface area contributed by atoms with Gasteiger partial charge in [0.1, 0.15) is 0 Å². The van der Waals surface area contributed by atoms with Crippen molar-refractivity contribution >= 4 is 35.2 Å². The molecule has 188 valence electrons. The third kappa shape index (κ3) is 5.09. The molecule has 4 aromatic rings. The number of para-hydroxylation sites is 1. The molecule has 0 radical (unpaired) electrons. The predicted molar refractivity (Wildman–Crippen MR) is 152 cm³/mol. The van der Waals surface area contributed by atoms with E-state index >= 15 is 0 Å². The molecule has 37 heavy (non-hydrogen) atoms. The Bertz CT molecular complexity index is 1410. The highest BCUT2D eigenvalue weighted by molar-refractivity contribution is 5.90. The van der Waals surface area contributed by atoms with E-state index in [0.717, 1.165) is 41.7 Å². The van der Waals surface area contributed by atoms with E-state index in [4.69, 9.17) is 0 Å². The predicted octanol–water partition coefficient (Wildman–Crippen LogP) is 6.58. The fraction of sp³-hybridized carbons (Fsp3) is 0.312. The zero-order valence-corrected chi connectivity index (χ0v) is 21.4. The Morgan fingerprint density at radius 1 is 0.973 bits per heavy atom. The molecule has 5 heteroatoms. The van der Waals surface area contributed by atoms with E-state index in [2.05, 4.69) is 81.8 Å². The van der Waals surface area contributed by atoms with Crippen LogP contribution in [0.3, 0.4) is 0 Å². The Hall–Kier alpha value is -3.70. The van der Waals surface area contributed by atoms with Crippen molar-refractivity contribution in [1.82, 2.24) is 15.1 Å². The van der Waals surface area contributed by atoms with Crippen LogP contribution in [0.1, 0.15) is 65.5 Å². The minimum absolute atomic E-state index is 0.441. The van der Waals surface area contributed by atoms with E-state index in [0.29, 0.717) is 11.8 Å². The van der Waals surface area contributed by atoms with Gasteiger partial charge < -0.3 is 4.90 Å². The molecule has 1 saturated carbocycles. The molecule has 0 spiro atoms. The highest BCUT2D eigenvalue weighted by atomic mass is 16.1. The molecule has 2 fully saturated rings. The molecule has 5 nitrogen and oxygen atoms in total. The van der Waals surface area contributed by atoms with Crippen molar-refractivity contribution in [2.24, 2.45) is 0 Å². The quantitative estimate of drug-likeness (QED) is 0.284. The fourth-order valence-electron chi connectivity index (χ4n) is 5.79. The molecule has 3 aromatic carbocycles. The van der Waals surface area contributed by atoms with Crippen LogP contribution in [0.15, 0.2) is 66.7 Å². The number of carbonyl (C=O) groups excluding carboxylic acids is 1. The number of fused-ring (bicyclic) bond motifs is 1. The van der Waals surface area contributed by atoms with Crippen LogP contribution in [0.2, 0.25) is 0 Å². The van der Waals surface area contributed by atoms with E-state index in [1.165, 1.54) is 54.6 Å². The van der Waals surface area contributed by atoms with E-state index in [1.54, 1.807) is 4.90 Å². The zero-order valence-electron chi connectivity index (χ0n) is 21.4. The van der Waals surface area contributed by atoms with Gasteiger partial charge in [-0.2, -0.15) is 5.10 Å². The summed E-state index contributed by atoms with van der Waals surface area (Å²) in [6, 6.07) is 23.8. The first-order valence-electron chi connectivity index (χ1n) is 13.4. The number of H-pyrrole nitrogens is 1. The molecule has 1 aliphatic carbocycles. The highest BCUT2D eigenvalue weighted by Gasteiger charge is 2.41. The van der Waals surface area contributed by atoms with Crippen molar-refractivity contribution in [1.29, 1.82) is 0 Å². The van der Waals surface area contributed by atoms with E-state index in [-0.39, 0.29) is 0 Å². The third-order valence-electron chi connectivity index (χ3n) is 7.98. The van der Waals surface area contributed by atoms with Crippen LogP contribution in [0.5, 0.6) is 0 Å². The van der Waals surface area contributed by atoms with Gasteiger partial charge in [0.25, 0.3) is 0 Å². The summed E-state index contributed by atoms with van der Waals surface area (Å²) in [6.45, 7) is 3.50. The van der Waals surface area contributed by atoms with Crippen molar-refractivity contribution in [3.63, 3.8) is 0 Å². The summed E-state index contributed by atoms with van der Waals surface area (Å²) in [7, 11) is 1.82. The summed E-state index contributed by atoms with van der Waals surface area (Å²) in [5.41, 5.74) is 8.18. The van der Waals surface area contributed by atoms with Crippen LogP contribution >= 0.6 is 0 Å². The molecule has 1 N–H and O–H groups in total. The highest BCUT2D eigenvalue weighted by Crippen LogP contribution is 2.56. The molecule has 0 bridgehead atoms. The number of hydrogen-bond acceptors (Lipinski definition) is 3. The number of hydrogen-bond donors (Lipinski definition) is 1. The van der Waals surface area contributed by atoms with Gasteiger partial charge >= 0.3 is 0 Å². The Labute approximate surface area is 218 Å². The number of aromatic nitrogens is 2. The maximum atomic E-state index is 11.3. The van der Waals surface area contributed by atoms with Crippen LogP contribution in [0.25, 0.3) is 23.1 Å². The smallest absolute Gasteiger partial charge is 0.213 e. The minimum atomic E-state index is 0.441. The van der Waals surface area contributed by atoms with Crippen molar-refractivity contribution in [2.45, 2.75) is 44.1 Å². The number of likely N-dealkylation sites (tertiary alicyclic amines) is 1. The van der Waals surface area contributed by atoms with E-state index in [1.807, 2.05) is 19.2 Å². The Kier molecular flexibility index (Phi) is 6.62. The molecule has 2 aliphatic rings. The molecule has 1 amide bonds. The first-order valence-corrected chi connectivity index (χ1v) is 13.4. The second-order valence-corrected chi connectivity index (χ2v) is 10.5. The third-order valence-corrected chi connectivity index (χ3v) is 7.98. The summed E-state index contributed by atoms with van der Waals surface area (Å²) in [5, 5.41) is 8.96. The average molecular weight is 491 g/mol. The number of carbonyl (C=O) groups is 1. The van der Waals surface area contributed by atoms with Crippen LogP contribution in [0, 0.1) is 0 Å². The number of nitrogens with one attached hydrogen (secondary N) is 1. The van der Waals surface area contributed by atoms with Gasteiger partial charge in [0.15, 0.2) is 0 Å². The Morgan fingerprint density at radius 2 is 1.78 bits per heavy atom. The maximum absolute atomic E-state index is 11.3. The molecule has 1 unspecified atom stereocenters. The van der Waals surface area contributed by atoms with Crippen LogP contribution in [-0.4, -0.2) is 41.6 Å². The van der Waals surface area contributed by atoms with Crippen LogP contribution in [0.4, 0.5) is 5.69 Å². The van der Waals surface area contributed by atoms with Crippen LogP contribution in [-0.2, 0) is 11.3 Å². The van der Waals surface area contributed by atoms with Crippen LogP contribution < -0.4 is 4.90 Å². The van der Waals surface area contributed by atoms with Gasteiger partial charge in [-0.3, -0.25) is 14.8 Å². The molecular weight excluding hydrogens is 456 g/mol. The van der Waals surface area contributed by atoms with Gasteiger partial charge in [0, 0.05) is 24.7 Å². The van der Waals surface area contributed by atoms with Gasteiger partial charge in [-0.15, -0.1) is 0 Å². The first-order chi connectivity index (χ1) is 18.2. The second-order valence-electron chi connectivity index (χ2n) is 10.5.